The zero-order valence-corrected chi connectivity index (χ0v) is 16.7. The van der Waals surface area contributed by atoms with Crippen LogP contribution in [0, 0.1) is 13.8 Å². The van der Waals surface area contributed by atoms with Gasteiger partial charge in [-0.1, -0.05) is 60.3 Å². The molecular formula is C22H24N4S. The van der Waals surface area contributed by atoms with Gasteiger partial charge in [-0.3, -0.25) is 10.4 Å². The maximum atomic E-state index is 4.73. The Morgan fingerprint density at radius 2 is 1.67 bits per heavy atom. The highest BCUT2D eigenvalue weighted by Crippen LogP contribution is 2.18. The number of anilines is 1. The van der Waals surface area contributed by atoms with E-state index in [0.717, 1.165) is 22.4 Å². The van der Waals surface area contributed by atoms with Crippen LogP contribution in [0.25, 0.3) is 0 Å². The topological polar surface area (TPSA) is 40.5 Å². The minimum atomic E-state index is 0.686. The van der Waals surface area contributed by atoms with E-state index >= 15 is 0 Å². The molecule has 0 aliphatic rings. The highest BCUT2D eigenvalue weighted by molar-refractivity contribution is 8.13. The van der Waals surface area contributed by atoms with E-state index in [2.05, 4.69) is 48.7 Å². The van der Waals surface area contributed by atoms with Gasteiger partial charge in [-0.15, -0.1) is 0 Å². The summed E-state index contributed by atoms with van der Waals surface area (Å²) in [6.07, 6.45) is 2.02. The molecule has 0 aliphatic heterocycles. The van der Waals surface area contributed by atoms with Gasteiger partial charge < -0.3 is 0 Å². The molecule has 0 amide bonds. The number of pyridine rings is 1. The Bertz CT molecular complexity index is 874. The van der Waals surface area contributed by atoms with Crippen molar-refractivity contribution < 1.29 is 0 Å². The fourth-order valence-corrected chi connectivity index (χ4v) is 3.15. The normalized spacial score (nSPS) is 11.3. The lowest BCUT2D eigenvalue weighted by molar-refractivity contribution is 0.751. The standard InChI is InChI=1S/C22H24N4S/c1-17-14-18(2)23-21(15-17)26(16-19-10-6-4-7-11-19)25-22(27-3)24-20-12-8-5-9-13-20/h4-15H,16H2,1-3H3,(H,24,25). The van der Waals surface area contributed by atoms with Crippen molar-refractivity contribution in [2.24, 2.45) is 4.99 Å². The van der Waals surface area contributed by atoms with Crippen LogP contribution in [0.2, 0.25) is 0 Å². The Morgan fingerprint density at radius 3 is 2.30 bits per heavy atom. The van der Waals surface area contributed by atoms with E-state index in [1.807, 2.05) is 54.6 Å². The fourth-order valence-electron chi connectivity index (χ4n) is 2.75. The third kappa shape index (κ3) is 5.59. The van der Waals surface area contributed by atoms with Gasteiger partial charge in [0.05, 0.1) is 12.2 Å². The van der Waals surface area contributed by atoms with Gasteiger partial charge in [-0.05, 0) is 55.5 Å². The van der Waals surface area contributed by atoms with E-state index < -0.39 is 0 Å². The fraction of sp³-hybridized carbons (Fsp3) is 0.182. The lowest BCUT2D eigenvalue weighted by Gasteiger charge is -2.26. The van der Waals surface area contributed by atoms with Crippen molar-refractivity contribution in [1.82, 2.24) is 10.4 Å². The van der Waals surface area contributed by atoms with Crippen molar-refractivity contribution in [3.8, 4) is 0 Å². The minimum absolute atomic E-state index is 0.686. The second-order valence-electron chi connectivity index (χ2n) is 6.28. The summed E-state index contributed by atoms with van der Waals surface area (Å²) in [6, 6.07) is 24.5. The molecule has 0 unspecified atom stereocenters. The molecule has 0 bridgehead atoms. The third-order valence-corrected chi connectivity index (χ3v) is 4.52. The van der Waals surface area contributed by atoms with Gasteiger partial charge in [0.1, 0.15) is 5.82 Å². The minimum Gasteiger partial charge on any atom is -0.274 e. The molecule has 0 saturated heterocycles. The first-order chi connectivity index (χ1) is 13.1. The summed E-state index contributed by atoms with van der Waals surface area (Å²) in [5, 5.41) is 2.87. The van der Waals surface area contributed by atoms with Crippen LogP contribution in [-0.2, 0) is 6.54 Å². The number of benzene rings is 2. The molecule has 1 heterocycles. The molecule has 0 aliphatic carbocycles. The van der Waals surface area contributed by atoms with Crippen LogP contribution in [0.4, 0.5) is 11.5 Å². The summed E-state index contributed by atoms with van der Waals surface area (Å²) in [5.41, 5.74) is 7.75. The molecule has 0 radical (unpaired) electrons. The number of aliphatic imine (C=N–C) groups is 1. The van der Waals surface area contributed by atoms with Gasteiger partial charge >= 0.3 is 0 Å². The Morgan fingerprint density at radius 1 is 1.00 bits per heavy atom. The predicted molar refractivity (Wildman–Crippen MR) is 117 cm³/mol. The molecule has 138 valence electrons. The van der Waals surface area contributed by atoms with Crippen LogP contribution in [0.1, 0.15) is 16.8 Å². The van der Waals surface area contributed by atoms with Crippen molar-refractivity contribution in [1.29, 1.82) is 0 Å². The molecule has 1 aromatic heterocycles. The Labute approximate surface area is 165 Å². The highest BCUT2D eigenvalue weighted by Gasteiger charge is 2.12. The first-order valence-electron chi connectivity index (χ1n) is 8.85. The molecule has 5 heteroatoms. The highest BCUT2D eigenvalue weighted by atomic mass is 32.2. The summed E-state index contributed by atoms with van der Waals surface area (Å²) in [4.78, 5) is 9.45. The van der Waals surface area contributed by atoms with E-state index in [1.54, 1.807) is 11.8 Å². The molecule has 27 heavy (non-hydrogen) atoms. The average Bonchev–Trinajstić information content (AvgIpc) is 2.67. The van der Waals surface area contributed by atoms with Gasteiger partial charge in [0.25, 0.3) is 0 Å². The molecule has 2 aromatic carbocycles. The number of nitrogens with zero attached hydrogens (tertiary/aromatic N) is 3. The summed E-state index contributed by atoms with van der Waals surface area (Å²) in [6.45, 7) is 4.79. The molecular weight excluding hydrogens is 352 g/mol. The lowest BCUT2D eigenvalue weighted by Crippen LogP contribution is -2.41. The van der Waals surface area contributed by atoms with Crippen molar-refractivity contribution >= 4 is 28.4 Å². The number of hydrogen-bond acceptors (Lipinski definition) is 4. The van der Waals surface area contributed by atoms with Crippen LogP contribution in [0.5, 0.6) is 0 Å². The number of amidine groups is 1. The van der Waals surface area contributed by atoms with E-state index in [1.165, 1.54) is 11.1 Å². The molecule has 0 fully saturated rings. The number of thioether (sulfide) groups is 1. The largest absolute Gasteiger partial charge is 0.274 e. The molecule has 0 spiro atoms. The monoisotopic (exact) mass is 376 g/mol. The predicted octanol–water partition coefficient (Wildman–Crippen LogP) is 5.26. The van der Waals surface area contributed by atoms with Crippen molar-refractivity contribution in [3.63, 3.8) is 0 Å². The number of aromatic nitrogens is 1. The average molecular weight is 377 g/mol. The molecule has 3 aromatic rings. The van der Waals surface area contributed by atoms with Crippen LogP contribution < -0.4 is 10.4 Å². The molecule has 0 atom stereocenters. The number of rotatable bonds is 5. The number of nitrogens with one attached hydrogen (secondary N) is 1. The Hall–Kier alpha value is -2.79. The number of para-hydroxylation sites is 1. The zero-order valence-electron chi connectivity index (χ0n) is 15.9. The molecule has 0 saturated carbocycles. The maximum Gasteiger partial charge on any atom is 0.180 e. The van der Waals surface area contributed by atoms with Gasteiger partial charge in [-0.25, -0.2) is 9.98 Å². The van der Waals surface area contributed by atoms with Gasteiger partial charge in [0, 0.05) is 5.69 Å². The van der Waals surface area contributed by atoms with Crippen LogP contribution in [-0.4, -0.2) is 16.4 Å². The summed E-state index contributed by atoms with van der Waals surface area (Å²) in [5.74, 6) is 0.881. The first-order valence-corrected chi connectivity index (χ1v) is 10.1. The van der Waals surface area contributed by atoms with Crippen LogP contribution >= 0.6 is 11.8 Å². The van der Waals surface area contributed by atoms with Gasteiger partial charge in [0.15, 0.2) is 5.17 Å². The number of aryl methyl sites for hydroxylation is 2. The Kier molecular flexibility index (Phi) is 6.49. The van der Waals surface area contributed by atoms with E-state index in [-0.39, 0.29) is 0 Å². The maximum absolute atomic E-state index is 4.73. The SMILES string of the molecule is CSC(=Nc1ccccc1)NN(Cc1ccccc1)c1cc(C)cc(C)n1. The lowest BCUT2D eigenvalue weighted by atomic mass is 10.2. The van der Waals surface area contributed by atoms with Crippen molar-refractivity contribution in [2.75, 3.05) is 11.3 Å². The summed E-state index contributed by atoms with van der Waals surface area (Å²) < 4.78 is 0. The number of hydrogen-bond donors (Lipinski definition) is 1. The molecule has 4 nitrogen and oxygen atoms in total. The van der Waals surface area contributed by atoms with Gasteiger partial charge in [-0.2, -0.15) is 0 Å². The number of hydrazine groups is 1. The van der Waals surface area contributed by atoms with Crippen LogP contribution in [0.3, 0.4) is 0 Å². The molecule has 3 rings (SSSR count). The van der Waals surface area contributed by atoms with E-state index in [9.17, 15) is 0 Å². The van der Waals surface area contributed by atoms with Crippen molar-refractivity contribution in [2.45, 2.75) is 20.4 Å². The smallest absolute Gasteiger partial charge is 0.180 e. The second-order valence-corrected chi connectivity index (χ2v) is 7.08. The molecule has 1 N–H and O–H groups in total. The quantitative estimate of drug-likeness (QED) is 0.375. The third-order valence-electron chi connectivity index (χ3n) is 3.96. The summed E-state index contributed by atoms with van der Waals surface area (Å²) >= 11 is 1.58. The van der Waals surface area contributed by atoms with Crippen molar-refractivity contribution in [3.05, 3.63) is 89.6 Å². The van der Waals surface area contributed by atoms with Crippen LogP contribution in [0.15, 0.2) is 77.8 Å². The Balaban J connectivity index is 1.92. The van der Waals surface area contributed by atoms with Gasteiger partial charge in [0.2, 0.25) is 0 Å². The first kappa shape index (κ1) is 19.0. The van der Waals surface area contributed by atoms with E-state index in [4.69, 9.17) is 9.98 Å². The zero-order chi connectivity index (χ0) is 19.1. The summed E-state index contributed by atoms with van der Waals surface area (Å²) in [7, 11) is 0. The van der Waals surface area contributed by atoms with E-state index in [0.29, 0.717) is 6.54 Å². The second kappa shape index (κ2) is 9.24.